The number of hydrogen-bond acceptors (Lipinski definition) is 2. The van der Waals surface area contributed by atoms with Crippen molar-refractivity contribution in [1.82, 2.24) is 0 Å². The van der Waals surface area contributed by atoms with Gasteiger partial charge in [0.25, 0.3) is 0 Å². The molecule has 0 saturated carbocycles. The predicted molar refractivity (Wildman–Crippen MR) is 50.4 cm³/mol. The van der Waals surface area contributed by atoms with Gasteiger partial charge in [0.15, 0.2) is 5.78 Å². The van der Waals surface area contributed by atoms with Gasteiger partial charge in [0.05, 0.1) is 0 Å². The van der Waals surface area contributed by atoms with Gasteiger partial charge in [0.1, 0.15) is 5.76 Å². The molecule has 66 valence electrons. The van der Waals surface area contributed by atoms with Gasteiger partial charge in [0.2, 0.25) is 0 Å². The van der Waals surface area contributed by atoms with Gasteiger partial charge >= 0.3 is 0 Å². The number of carbonyl (C=O) groups is 1. The molecule has 1 aliphatic rings. The van der Waals surface area contributed by atoms with Gasteiger partial charge in [-0.25, -0.2) is 0 Å². The summed E-state index contributed by atoms with van der Waals surface area (Å²) in [7, 11) is 0. The minimum absolute atomic E-state index is 0.0475. The number of Topliss-reactive ketones (excluding diaryl/α,β-unsaturated/α-hetero) is 1. The Balaban J connectivity index is 2.53. The zero-order valence-corrected chi connectivity index (χ0v) is 7.37. The molecule has 1 aromatic carbocycles. The Labute approximate surface area is 76.5 Å². The normalized spacial score (nSPS) is 14.5. The summed E-state index contributed by atoms with van der Waals surface area (Å²) in [5, 5.41) is 9.67. The van der Waals surface area contributed by atoms with Crippen LogP contribution in [0.4, 0.5) is 0 Å². The number of rotatable bonds is 1. The van der Waals surface area contributed by atoms with E-state index in [1.165, 1.54) is 6.92 Å². The molecule has 2 rings (SSSR count). The molecule has 0 aromatic heterocycles. The lowest BCUT2D eigenvalue weighted by atomic mass is 10.1. The maximum absolute atomic E-state index is 11.1. The Morgan fingerprint density at radius 2 is 2.08 bits per heavy atom. The minimum atomic E-state index is -0.0475. The van der Waals surface area contributed by atoms with Crippen LogP contribution < -0.4 is 0 Å². The Morgan fingerprint density at radius 3 is 2.69 bits per heavy atom. The van der Waals surface area contributed by atoms with Crippen LogP contribution >= 0.6 is 0 Å². The van der Waals surface area contributed by atoms with Crippen molar-refractivity contribution in [3.63, 3.8) is 0 Å². The van der Waals surface area contributed by atoms with Gasteiger partial charge in [0, 0.05) is 17.6 Å². The summed E-state index contributed by atoms with van der Waals surface area (Å²) in [6.45, 7) is 1.48. The van der Waals surface area contributed by atoms with Gasteiger partial charge in [-0.3, -0.25) is 4.79 Å². The molecule has 0 aliphatic heterocycles. The predicted octanol–water partition coefficient (Wildman–Crippen LogP) is 2.10. The molecule has 0 fully saturated rings. The first kappa shape index (κ1) is 8.05. The zero-order valence-electron chi connectivity index (χ0n) is 7.37. The van der Waals surface area contributed by atoms with Gasteiger partial charge in [-0.2, -0.15) is 0 Å². The van der Waals surface area contributed by atoms with Crippen LogP contribution in [0.1, 0.15) is 18.1 Å². The van der Waals surface area contributed by atoms with E-state index >= 15 is 0 Å². The molecule has 1 N–H and O–H groups in total. The van der Waals surface area contributed by atoms with Crippen LogP contribution in [0.25, 0.3) is 5.76 Å². The van der Waals surface area contributed by atoms with Gasteiger partial charge in [-0.15, -0.1) is 0 Å². The number of fused-ring (bicyclic) bond motifs is 1. The highest BCUT2D eigenvalue weighted by Crippen LogP contribution is 2.30. The minimum Gasteiger partial charge on any atom is -0.507 e. The van der Waals surface area contributed by atoms with Crippen molar-refractivity contribution in [2.45, 2.75) is 13.3 Å². The number of hydrogen-bond donors (Lipinski definition) is 1. The molecular formula is C11H10O2. The van der Waals surface area contributed by atoms with Crippen LogP contribution in [-0.2, 0) is 11.2 Å². The molecule has 0 bridgehead atoms. The fourth-order valence-corrected chi connectivity index (χ4v) is 1.63. The highest BCUT2D eigenvalue weighted by molar-refractivity contribution is 6.02. The van der Waals surface area contributed by atoms with E-state index in [4.69, 9.17) is 0 Å². The number of allylic oxidation sites excluding steroid dienone is 1. The second-order valence-electron chi connectivity index (χ2n) is 3.22. The van der Waals surface area contributed by atoms with E-state index in [1.807, 2.05) is 24.3 Å². The van der Waals surface area contributed by atoms with Crippen LogP contribution in [0.15, 0.2) is 29.8 Å². The summed E-state index contributed by atoms with van der Waals surface area (Å²) in [6.07, 6.45) is 0.567. The molecule has 0 atom stereocenters. The summed E-state index contributed by atoms with van der Waals surface area (Å²) in [4.78, 5) is 11.1. The Morgan fingerprint density at radius 1 is 1.38 bits per heavy atom. The molecule has 0 radical (unpaired) electrons. The van der Waals surface area contributed by atoms with Crippen molar-refractivity contribution in [2.24, 2.45) is 0 Å². The molecule has 0 unspecified atom stereocenters. The first-order chi connectivity index (χ1) is 6.20. The van der Waals surface area contributed by atoms with Gasteiger partial charge < -0.3 is 5.11 Å². The molecule has 0 amide bonds. The molecule has 1 aliphatic carbocycles. The molecule has 0 heterocycles. The highest BCUT2D eigenvalue weighted by Gasteiger charge is 2.22. The monoisotopic (exact) mass is 174 g/mol. The van der Waals surface area contributed by atoms with E-state index in [9.17, 15) is 9.90 Å². The van der Waals surface area contributed by atoms with E-state index in [-0.39, 0.29) is 11.5 Å². The third-order valence-corrected chi connectivity index (χ3v) is 2.35. The lowest BCUT2D eigenvalue weighted by molar-refractivity contribution is -0.113. The van der Waals surface area contributed by atoms with E-state index < -0.39 is 0 Å². The zero-order chi connectivity index (χ0) is 9.42. The molecular weight excluding hydrogens is 164 g/mol. The van der Waals surface area contributed by atoms with E-state index in [2.05, 4.69) is 0 Å². The fraction of sp³-hybridized carbons (Fsp3) is 0.182. The molecule has 13 heavy (non-hydrogen) atoms. The topological polar surface area (TPSA) is 37.3 Å². The average molecular weight is 174 g/mol. The van der Waals surface area contributed by atoms with Crippen LogP contribution in [0.3, 0.4) is 0 Å². The van der Waals surface area contributed by atoms with Crippen molar-refractivity contribution < 1.29 is 9.90 Å². The lowest BCUT2D eigenvalue weighted by Gasteiger charge is -1.96. The highest BCUT2D eigenvalue weighted by atomic mass is 16.3. The molecule has 1 aromatic rings. The largest absolute Gasteiger partial charge is 0.507 e. The first-order valence-electron chi connectivity index (χ1n) is 4.21. The molecule has 0 saturated heterocycles. The second-order valence-corrected chi connectivity index (χ2v) is 3.22. The van der Waals surface area contributed by atoms with Crippen LogP contribution in [-0.4, -0.2) is 10.9 Å². The number of aliphatic hydroxyl groups excluding tert-OH is 1. The second kappa shape index (κ2) is 2.73. The fourth-order valence-electron chi connectivity index (χ4n) is 1.63. The summed E-state index contributed by atoms with van der Waals surface area (Å²) < 4.78 is 0. The molecule has 2 heteroatoms. The maximum atomic E-state index is 11.1. The van der Waals surface area contributed by atoms with Crippen LogP contribution in [0.2, 0.25) is 0 Å². The van der Waals surface area contributed by atoms with Crippen molar-refractivity contribution in [3.8, 4) is 0 Å². The van der Waals surface area contributed by atoms with Crippen LogP contribution in [0.5, 0.6) is 0 Å². The standard InChI is InChI=1S/C11H10O2/c1-7(12)10-6-8-4-2-3-5-9(8)11(10)13/h2-5,13H,6H2,1H3. The number of benzene rings is 1. The van der Waals surface area contributed by atoms with Crippen molar-refractivity contribution in [1.29, 1.82) is 0 Å². The quantitative estimate of drug-likeness (QED) is 0.707. The van der Waals surface area contributed by atoms with Crippen molar-refractivity contribution in [3.05, 3.63) is 41.0 Å². The lowest BCUT2D eigenvalue weighted by Crippen LogP contribution is -1.97. The van der Waals surface area contributed by atoms with Crippen molar-refractivity contribution in [2.75, 3.05) is 0 Å². The van der Waals surface area contributed by atoms with E-state index in [1.54, 1.807) is 0 Å². The molecule has 2 nitrogen and oxygen atoms in total. The summed E-state index contributed by atoms with van der Waals surface area (Å²) in [5.41, 5.74) is 2.36. The smallest absolute Gasteiger partial charge is 0.159 e. The van der Waals surface area contributed by atoms with Crippen LogP contribution in [0, 0.1) is 0 Å². The third kappa shape index (κ3) is 1.15. The summed E-state index contributed by atoms with van der Waals surface area (Å²) in [5.74, 6) is 0.108. The molecule has 0 spiro atoms. The number of carbonyl (C=O) groups excluding carboxylic acids is 1. The van der Waals surface area contributed by atoms with Gasteiger partial charge in [-0.1, -0.05) is 24.3 Å². The summed E-state index contributed by atoms with van der Waals surface area (Å²) in [6, 6.07) is 7.54. The van der Waals surface area contributed by atoms with Gasteiger partial charge in [-0.05, 0) is 12.5 Å². The third-order valence-electron chi connectivity index (χ3n) is 2.35. The number of ketones is 1. The summed E-state index contributed by atoms with van der Waals surface area (Å²) >= 11 is 0. The van der Waals surface area contributed by atoms with E-state index in [0.29, 0.717) is 12.0 Å². The maximum Gasteiger partial charge on any atom is 0.159 e. The SMILES string of the molecule is CC(=O)C1=C(O)c2ccccc2C1. The first-order valence-corrected chi connectivity index (χ1v) is 4.21. The number of aliphatic hydroxyl groups is 1. The Bertz CT molecular complexity index is 402. The Hall–Kier alpha value is -1.57. The Kier molecular flexibility index (Phi) is 1.69. The average Bonchev–Trinajstić information content (AvgIpc) is 2.45. The van der Waals surface area contributed by atoms with Crippen molar-refractivity contribution >= 4 is 11.5 Å². The van der Waals surface area contributed by atoms with E-state index in [0.717, 1.165) is 11.1 Å².